The number of rotatable bonds is 5. The number of aliphatic hydroxyl groups excluding tert-OH is 1. The molecule has 152 valence electrons. The Kier molecular flexibility index (Phi) is 5.49. The minimum absolute atomic E-state index is 0.0399. The van der Waals surface area contributed by atoms with E-state index in [1.54, 1.807) is 12.4 Å². The van der Waals surface area contributed by atoms with Crippen LogP contribution in [0.25, 0.3) is 16.8 Å². The van der Waals surface area contributed by atoms with Crippen LogP contribution in [-0.2, 0) is 17.9 Å². The summed E-state index contributed by atoms with van der Waals surface area (Å²) in [5, 5.41) is 17.5. The van der Waals surface area contributed by atoms with Crippen molar-refractivity contribution in [1.29, 1.82) is 0 Å². The lowest BCUT2D eigenvalue weighted by Gasteiger charge is -2.22. The van der Waals surface area contributed by atoms with E-state index in [4.69, 9.17) is 0 Å². The molecule has 2 aromatic heterocycles. The maximum atomic E-state index is 13.0. The van der Waals surface area contributed by atoms with Gasteiger partial charge in [-0.15, -0.1) is 0 Å². The number of carbonyl (C=O) groups excluding carboxylic acids is 1. The van der Waals surface area contributed by atoms with Crippen LogP contribution >= 0.6 is 0 Å². The number of aromatic nitrogens is 3. The summed E-state index contributed by atoms with van der Waals surface area (Å²) in [6.07, 6.45) is 8.71. The maximum absolute atomic E-state index is 13.0. The molecule has 0 atom stereocenters. The summed E-state index contributed by atoms with van der Waals surface area (Å²) in [6, 6.07) is 7.98. The second kappa shape index (κ2) is 8.21. The molecule has 3 aromatic rings. The average molecular weight is 394 g/mol. The van der Waals surface area contributed by atoms with Crippen molar-refractivity contribution in [3.05, 3.63) is 58.1 Å². The second-order valence-electron chi connectivity index (χ2n) is 7.78. The standard InChI is InChI=1S/C22H26N4O3/c1-15-7-9-16(10-8-15)20-18(14-27)21-22(29)25(11-12-26(21)24-20)13-19(28)23-17-5-3-2-4-6-17/h7-12,17,27H,2-6,13-14H2,1H3,(H,23,28). The molecule has 1 aromatic carbocycles. The lowest BCUT2D eigenvalue weighted by Crippen LogP contribution is -2.40. The Morgan fingerprint density at radius 3 is 2.59 bits per heavy atom. The molecule has 1 aliphatic carbocycles. The van der Waals surface area contributed by atoms with E-state index >= 15 is 0 Å². The van der Waals surface area contributed by atoms with Gasteiger partial charge in [0.1, 0.15) is 12.1 Å². The van der Waals surface area contributed by atoms with E-state index in [9.17, 15) is 14.7 Å². The van der Waals surface area contributed by atoms with Crippen molar-refractivity contribution in [2.24, 2.45) is 0 Å². The van der Waals surface area contributed by atoms with Crippen LogP contribution in [0.1, 0.15) is 43.2 Å². The number of hydrogen-bond donors (Lipinski definition) is 2. The largest absolute Gasteiger partial charge is 0.392 e. The molecule has 0 aliphatic heterocycles. The number of hydrogen-bond acceptors (Lipinski definition) is 4. The van der Waals surface area contributed by atoms with Gasteiger partial charge in [-0.05, 0) is 19.8 Å². The fourth-order valence-corrected chi connectivity index (χ4v) is 4.04. The number of aliphatic hydroxyl groups is 1. The van der Waals surface area contributed by atoms with Gasteiger partial charge in [0.05, 0.1) is 12.3 Å². The molecule has 0 spiro atoms. The highest BCUT2D eigenvalue weighted by molar-refractivity contribution is 5.76. The molecule has 1 fully saturated rings. The minimum Gasteiger partial charge on any atom is -0.392 e. The van der Waals surface area contributed by atoms with Crippen molar-refractivity contribution < 1.29 is 9.90 Å². The Labute approximate surface area is 169 Å². The summed E-state index contributed by atoms with van der Waals surface area (Å²) in [7, 11) is 0. The first-order valence-electron chi connectivity index (χ1n) is 10.1. The minimum atomic E-state index is -0.332. The number of carbonyl (C=O) groups is 1. The number of nitrogens with zero attached hydrogens (tertiary/aromatic N) is 3. The normalized spacial score (nSPS) is 15.0. The Balaban J connectivity index is 1.65. The number of nitrogens with one attached hydrogen (secondary N) is 1. The quantitative estimate of drug-likeness (QED) is 0.696. The molecule has 0 saturated heterocycles. The fourth-order valence-electron chi connectivity index (χ4n) is 4.04. The third kappa shape index (κ3) is 3.96. The van der Waals surface area contributed by atoms with Gasteiger partial charge in [-0.3, -0.25) is 9.59 Å². The average Bonchev–Trinajstić information content (AvgIpc) is 3.11. The van der Waals surface area contributed by atoms with Gasteiger partial charge >= 0.3 is 0 Å². The van der Waals surface area contributed by atoms with E-state index in [1.807, 2.05) is 31.2 Å². The van der Waals surface area contributed by atoms with Crippen LogP contribution < -0.4 is 10.9 Å². The summed E-state index contributed by atoms with van der Waals surface area (Å²) in [5.74, 6) is -0.160. The number of aryl methyl sites for hydroxylation is 1. The highest BCUT2D eigenvalue weighted by atomic mass is 16.3. The Morgan fingerprint density at radius 1 is 1.17 bits per heavy atom. The molecular weight excluding hydrogens is 368 g/mol. The van der Waals surface area contributed by atoms with Crippen molar-refractivity contribution in [3.63, 3.8) is 0 Å². The zero-order valence-corrected chi connectivity index (χ0v) is 16.6. The summed E-state index contributed by atoms with van der Waals surface area (Å²) in [6.45, 7) is 1.65. The lowest BCUT2D eigenvalue weighted by atomic mass is 9.95. The van der Waals surface area contributed by atoms with Gasteiger partial charge in [-0.25, -0.2) is 4.52 Å². The topological polar surface area (TPSA) is 88.6 Å². The van der Waals surface area contributed by atoms with Gasteiger partial charge in [0, 0.05) is 29.6 Å². The summed E-state index contributed by atoms with van der Waals surface area (Å²) in [5.41, 5.74) is 2.98. The molecule has 0 unspecified atom stereocenters. The molecule has 7 heteroatoms. The second-order valence-corrected chi connectivity index (χ2v) is 7.78. The fraction of sp³-hybridized carbons (Fsp3) is 0.409. The van der Waals surface area contributed by atoms with Gasteiger partial charge in [0.25, 0.3) is 5.56 Å². The Hall–Kier alpha value is -2.93. The van der Waals surface area contributed by atoms with Gasteiger partial charge in [0.2, 0.25) is 5.91 Å². The van der Waals surface area contributed by atoms with Crippen LogP contribution in [0.2, 0.25) is 0 Å². The first-order valence-corrected chi connectivity index (χ1v) is 10.1. The molecule has 1 aliphatic rings. The Bertz CT molecular complexity index is 1080. The van der Waals surface area contributed by atoms with E-state index in [1.165, 1.54) is 15.5 Å². The molecule has 7 nitrogen and oxygen atoms in total. The van der Waals surface area contributed by atoms with Crippen LogP contribution in [0.3, 0.4) is 0 Å². The number of benzene rings is 1. The predicted octanol–water partition coefficient (Wildman–Crippen LogP) is 2.41. The zero-order chi connectivity index (χ0) is 20.4. The highest BCUT2D eigenvalue weighted by Gasteiger charge is 2.20. The molecule has 1 amide bonds. The third-order valence-electron chi connectivity index (χ3n) is 5.63. The van der Waals surface area contributed by atoms with Crippen LogP contribution in [0.5, 0.6) is 0 Å². The first kappa shape index (κ1) is 19.4. The van der Waals surface area contributed by atoms with E-state index in [0.29, 0.717) is 16.8 Å². The molecule has 2 N–H and O–H groups in total. The van der Waals surface area contributed by atoms with Crippen molar-refractivity contribution >= 4 is 11.4 Å². The smallest absolute Gasteiger partial charge is 0.277 e. The van der Waals surface area contributed by atoms with Gasteiger partial charge < -0.3 is 15.0 Å². The zero-order valence-electron chi connectivity index (χ0n) is 16.6. The van der Waals surface area contributed by atoms with Gasteiger partial charge in [0.15, 0.2) is 0 Å². The van der Waals surface area contributed by atoms with Crippen LogP contribution in [0.15, 0.2) is 41.5 Å². The first-order chi connectivity index (χ1) is 14.1. The number of fused-ring (bicyclic) bond motifs is 1. The molecule has 4 rings (SSSR count). The van der Waals surface area contributed by atoms with E-state index in [0.717, 1.165) is 36.8 Å². The Morgan fingerprint density at radius 2 is 1.90 bits per heavy atom. The molecular formula is C22H26N4O3. The summed E-state index contributed by atoms with van der Waals surface area (Å²) < 4.78 is 2.87. The van der Waals surface area contributed by atoms with Crippen LogP contribution in [0.4, 0.5) is 0 Å². The van der Waals surface area contributed by atoms with E-state index in [2.05, 4.69) is 10.4 Å². The van der Waals surface area contributed by atoms with Crippen LogP contribution in [-0.4, -0.2) is 31.2 Å². The molecule has 29 heavy (non-hydrogen) atoms. The van der Waals surface area contributed by atoms with Crippen molar-refractivity contribution in [2.45, 2.75) is 58.2 Å². The maximum Gasteiger partial charge on any atom is 0.277 e. The van der Waals surface area contributed by atoms with Crippen molar-refractivity contribution in [2.75, 3.05) is 0 Å². The SMILES string of the molecule is Cc1ccc(-c2nn3ccn(CC(=O)NC4CCCCC4)c(=O)c3c2CO)cc1. The highest BCUT2D eigenvalue weighted by Crippen LogP contribution is 2.25. The van der Waals surface area contributed by atoms with Crippen LogP contribution in [0, 0.1) is 6.92 Å². The summed E-state index contributed by atoms with van der Waals surface area (Å²) in [4.78, 5) is 25.5. The van der Waals surface area contributed by atoms with E-state index in [-0.39, 0.29) is 30.7 Å². The lowest BCUT2D eigenvalue weighted by molar-refractivity contribution is -0.122. The van der Waals surface area contributed by atoms with E-state index < -0.39 is 0 Å². The van der Waals surface area contributed by atoms with Gasteiger partial charge in [-0.1, -0.05) is 49.1 Å². The molecule has 0 radical (unpaired) electrons. The molecule has 0 bridgehead atoms. The molecule has 2 heterocycles. The number of amides is 1. The van der Waals surface area contributed by atoms with Gasteiger partial charge in [-0.2, -0.15) is 5.10 Å². The van der Waals surface area contributed by atoms with Crippen molar-refractivity contribution in [3.8, 4) is 11.3 Å². The monoisotopic (exact) mass is 394 g/mol. The molecule has 1 saturated carbocycles. The van der Waals surface area contributed by atoms with Crippen molar-refractivity contribution in [1.82, 2.24) is 19.5 Å². The predicted molar refractivity (Wildman–Crippen MR) is 111 cm³/mol. The summed E-state index contributed by atoms with van der Waals surface area (Å²) >= 11 is 0. The third-order valence-corrected chi connectivity index (χ3v) is 5.63.